The molecule has 0 bridgehead atoms. The van der Waals surface area contributed by atoms with Crippen molar-refractivity contribution in [2.45, 2.75) is 13.8 Å². The summed E-state index contributed by atoms with van der Waals surface area (Å²) in [6, 6.07) is 17.6. The van der Waals surface area contributed by atoms with Crippen LogP contribution in [-0.4, -0.2) is 18.2 Å². The fraction of sp³-hybridized carbons (Fsp3) is 0.130. The molecule has 0 spiro atoms. The summed E-state index contributed by atoms with van der Waals surface area (Å²) in [5.41, 5.74) is 10.1. The van der Waals surface area contributed by atoms with Crippen LogP contribution in [0, 0.1) is 6.92 Å². The first-order valence-corrected chi connectivity index (χ1v) is 9.63. The monoisotopic (exact) mass is 407 g/mol. The normalized spacial score (nSPS) is 10.4. The number of amides is 1. The summed E-state index contributed by atoms with van der Waals surface area (Å²) >= 11 is 6.41. The third-order valence-electron chi connectivity index (χ3n) is 4.54. The molecule has 0 fully saturated rings. The maximum Gasteiger partial charge on any atom is 0.251 e. The number of nitrogen functional groups attached to an aromatic ring is 1. The maximum atomic E-state index is 13.1. The van der Waals surface area contributed by atoms with Crippen molar-refractivity contribution >= 4 is 40.4 Å². The molecule has 0 aliphatic carbocycles. The van der Waals surface area contributed by atoms with E-state index in [-0.39, 0.29) is 11.7 Å². The van der Waals surface area contributed by atoms with Gasteiger partial charge >= 0.3 is 0 Å². The van der Waals surface area contributed by atoms with E-state index in [0.717, 1.165) is 16.9 Å². The standard InChI is InChI=1S/C23H22ClN3O2/c1-3-26-23(29)15-9-8-14(2)18(12-15)22(28)17-11-10-16(13-19(17)24)27-21-7-5-4-6-20(21)25/h4-13,27H,3,25H2,1-2H3,(H,26,29). The fourth-order valence-corrected chi connectivity index (χ4v) is 3.23. The smallest absolute Gasteiger partial charge is 0.251 e. The highest BCUT2D eigenvalue weighted by Gasteiger charge is 2.18. The largest absolute Gasteiger partial charge is 0.397 e. The molecule has 0 aliphatic heterocycles. The second-order valence-electron chi connectivity index (χ2n) is 6.63. The lowest BCUT2D eigenvalue weighted by Gasteiger charge is -2.12. The number of nitrogens with two attached hydrogens (primary N) is 1. The lowest BCUT2D eigenvalue weighted by Crippen LogP contribution is -2.23. The molecule has 0 saturated heterocycles. The number of hydrogen-bond acceptors (Lipinski definition) is 4. The highest BCUT2D eigenvalue weighted by molar-refractivity contribution is 6.35. The molecule has 3 aromatic rings. The first-order valence-electron chi connectivity index (χ1n) is 9.25. The number of para-hydroxylation sites is 2. The second kappa shape index (κ2) is 8.80. The summed E-state index contributed by atoms with van der Waals surface area (Å²) in [5.74, 6) is -0.447. The fourth-order valence-electron chi connectivity index (χ4n) is 2.96. The molecule has 3 aromatic carbocycles. The van der Waals surface area contributed by atoms with Gasteiger partial charge in [0.2, 0.25) is 0 Å². The zero-order chi connectivity index (χ0) is 21.0. The summed E-state index contributed by atoms with van der Waals surface area (Å²) in [5, 5.41) is 6.25. The van der Waals surface area contributed by atoms with E-state index < -0.39 is 0 Å². The van der Waals surface area contributed by atoms with Gasteiger partial charge in [0.15, 0.2) is 5.78 Å². The molecule has 0 aliphatic rings. The SMILES string of the molecule is CCNC(=O)c1ccc(C)c(C(=O)c2ccc(Nc3ccccc3N)cc2Cl)c1. The highest BCUT2D eigenvalue weighted by Crippen LogP contribution is 2.28. The Morgan fingerprint density at radius 2 is 1.76 bits per heavy atom. The molecular formula is C23H22ClN3O2. The van der Waals surface area contributed by atoms with Crippen LogP contribution in [0.4, 0.5) is 17.1 Å². The van der Waals surface area contributed by atoms with Crippen LogP contribution < -0.4 is 16.4 Å². The summed E-state index contributed by atoms with van der Waals surface area (Å²) in [6.45, 7) is 4.19. The zero-order valence-electron chi connectivity index (χ0n) is 16.3. The van der Waals surface area contributed by atoms with Gasteiger partial charge in [-0.15, -0.1) is 0 Å². The van der Waals surface area contributed by atoms with Crippen molar-refractivity contribution in [3.8, 4) is 0 Å². The maximum absolute atomic E-state index is 13.1. The average molecular weight is 408 g/mol. The van der Waals surface area contributed by atoms with Crippen LogP contribution in [0.1, 0.15) is 38.8 Å². The Morgan fingerprint density at radius 1 is 1.00 bits per heavy atom. The number of hydrogen-bond donors (Lipinski definition) is 3. The van der Waals surface area contributed by atoms with Crippen molar-refractivity contribution in [1.82, 2.24) is 5.32 Å². The Morgan fingerprint density at radius 3 is 2.45 bits per heavy atom. The summed E-state index contributed by atoms with van der Waals surface area (Å²) < 4.78 is 0. The number of carbonyl (C=O) groups excluding carboxylic acids is 2. The molecule has 29 heavy (non-hydrogen) atoms. The topological polar surface area (TPSA) is 84.2 Å². The third kappa shape index (κ3) is 4.58. The Hall–Kier alpha value is -3.31. The molecular weight excluding hydrogens is 386 g/mol. The minimum atomic E-state index is -0.232. The molecule has 5 nitrogen and oxygen atoms in total. The molecule has 6 heteroatoms. The van der Waals surface area contributed by atoms with E-state index in [4.69, 9.17) is 17.3 Å². The number of benzene rings is 3. The Labute approximate surface area is 174 Å². The van der Waals surface area contributed by atoms with Gasteiger partial charge in [-0.3, -0.25) is 9.59 Å². The van der Waals surface area contributed by atoms with Gasteiger partial charge in [0.25, 0.3) is 5.91 Å². The molecule has 0 heterocycles. The van der Waals surface area contributed by atoms with Gasteiger partial charge in [-0.05, 0) is 61.9 Å². The Bertz CT molecular complexity index is 1080. The molecule has 3 rings (SSSR count). The number of halogens is 1. The second-order valence-corrected chi connectivity index (χ2v) is 7.03. The van der Waals surface area contributed by atoms with Gasteiger partial charge in [-0.1, -0.05) is 29.8 Å². The van der Waals surface area contributed by atoms with Crippen LogP contribution in [-0.2, 0) is 0 Å². The van der Waals surface area contributed by atoms with Crippen LogP contribution in [0.25, 0.3) is 0 Å². The van der Waals surface area contributed by atoms with Gasteiger partial charge in [0.05, 0.1) is 16.4 Å². The van der Waals surface area contributed by atoms with E-state index in [0.29, 0.717) is 33.9 Å². The van der Waals surface area contributed by atoms with Crippen LogP contribution in [0.15, 0.2) is 60.7 Å². The summed E-state index contributed by atoms with van der Waals surface area (Å²) in [7, 11) is 0. The van der Waals surface area contributed by atoms with Crippen molar-refractivity contribution in [3.05, 3.63) is 87.9 Å². The summed E-state index contributed by atoms with van der Waals surface area (Å²) in [6.07, 6.45) is 0. The van der Waals surface area contributed by atoms with Crippen molar-refractivity contribution < 1.29 is 9.59 Å². The van der Waals surface area contributed by atoms with Gasteiger partial charge in [-0.2, -0.15) is 0 Å². The van der Waals surface area contributed by atoms with Gasteiger partial charge in [-0.25, -0.2) is 0 Å². The number of nitrogens with one attached hydrogen (secondary N) is 2. The molecule has 0 unspecified atom stereocenters. The average Bonchev–Trinajstić information content (AvgIpc) is 2.70. The lowest BCUT2D eigenvalue weighted by molar-refractivity contribution is 0.0956. The minimum absolute atomic E-state index is 0.215. The Kier molecular flexibility index (Phi) is 6.20. The van der Waals surface area contributed by atoms with Crippen molar-refractivity contribution in [2.75, 3.05) is 17.6 Å². The quantitative estimate of drug-likeness (QED) is 0.398. The molecule has 148 valence electrons. The van der Waals surface area contributed by atoms with E-state index in [2.05, 4.69) is 10.6 Å². The van der Waals surface area contributed by atoms with Gasteiger partial charge in [0.1, 0.15) is 0 Å². The van der Waals surface area contributed by atoms with Crippen molar-refractivity contribution in [2.24, 2.45) is 0 Å². The number of anilines is 3. The van der Waals surface area contributed by atoms with E-state index >= 15 is 0 Å². The third-order valence-corrected chi connectivity index (χ3v) is 4.85. The lowest BCUT2D eigenvalue weighted by atomic mass is 9.96. The number of ketones is 1. The predicted molar refractivity (Wildman–Crippen MR) is 118 cm³/mol. The van der Waals surface area contributed by atoms with Crippen molar-refractivity contribution in [3.63, 3.8) is 0 Å². The molecule has 4 N–H and O–H groups in total. The first kappa shape index (κ1) is 20.4. The Balaban J connectivity index is 1.89. The summed E-state index contributed by atoms with van der Waals surface area (Å²) in [4.78, 5) is 25.2. The highest BCUT2D eigenvalue weighted by atomic mass is 35.5. The first-order chi connectivity index (χ1) is 13.9. The van der Waals surface area contributed by atoms with E-state index in [1.165, 1.54) is 0 Å². The van der Waals surface area contributed by atoms with Crippen molar-refractivity contribution in [1.29, 1.82) is 0 Å². The molecule has 1 amide bonds. The van der Waals surface area contributed by atoms with Gasteiger partial charge in [0, 0.05) is 28.9 Å². The molecule has 0 atom stereocenters. The van der Waals surface area contributed by atoms with E-state index in [1.54, 1.807) is 42.5 Å². The van der Waals surface area contributed by atoms with Crippen LogP contribution in [0.3, 0.4) is 0 Å². The van der Waals surface area contributed by atoms with Crippen LogP contribution >= 0.6 is 11.6 Å². The number of aryl methyl sites for hydroxylation is 1. The number of carbonyl (C=O) groups is 2. The number of rotatable bonds is 6. The molecule has 0 radical (unpaired) electrons. The van der Waals surface area contributed by atoms with Crippen LogP contribution in [0.5, 0.6) is 0 Å². The van der Waals surface area contributed by atoms with Gasteiger partial charge < -0.3 is 16.4 Å². The zero-order valence-corrected chi connectivity index (χ0v) is 17.0. The van der Waals surface area contributed by atoms with E-state index in [9.17, 15) is 9.59 Å². The molecule has 0 aromatic heterocycles. The van der Waals surface area contributed by atoms with Crippen LogP contribution in [0.2, 0.25) is 5.02 Å². The molecule has 0 saturated carbocycles. The predicted octanol–water partition coefficient (Wildman–Crippen LogP) is 4.95. The van der Waals surface area contributed by atoms with E-state index in [1.807, 2.05) is 32.0 Å². The minimum Gasteiger partial charge on any atom is -0.397 e.